The first kappa shape index (κ1) is 17.0. The predicted octanol–water partition coefficient (Wildman–Crippen LogP) is 2.55. The van der Waals surface area contributed by atoms with E-state index < -0.39 is 0 Å². The zero-order valence-electron chi connectivity index (χ0n) is 12.4. The Hall–Kier alpha value is -0.960. The molecule has 0 aromatic rings. The third-order valence-electron chi connectivity index (χ3n) is 2.60. The van der Waals surface area contributed by atoms with E-state index in [0.29, 0.717) is 0 Å². The third-order valence-corrected chi connectivity index (χ3v) is 2.60. The first-order valence-electron chi connectivity index (χ1n) is 7.18. The lowest BCUT2D eigenvalue weighted by Crippen LogP contribution is -2.25. The number of unbranched alkanes of at least 4 members (excludes halogenated alkanes) is 2. The van der Waals surface area contributed by atoms with Gasteiger partial charge < -0.3 is 10.6 Å². The zero-order valence-corrected chi connectivity index (χ0v) is 12.4. The maximum Gasteiger partial charge on any atom is 0.0671 e. The van der Waals surface area contributed by atoms with E-state index in [9.17, 15) is 0 Å². The van der Waals surface area contributed by atoms with Gasteiger partial charge in [0.05, 0.1) is 12.1 Å². The van der Waals surface area contributed by atoms with Crippen molar-refractivity contribution in [1.29, 1.82) is 0 Å². The summed E-state index contributed by atoms with van der Waals surface area (Å²) in [6.07, 6.45) is 4.84. The second-order valence-electron chi connectivity index (χ2n) is 4.60. The van der Waals surface area contributed by atoms with Gasteiger partial charge in [0, 0.05) is 0 Å². The van der Waals surface area contributed by atoms with Gasteiger partial charge in [-0.1, -0.05) is 38.5 Å². The van der Waals surface area contributed by atoms with Crippen molar-refractivity contribution in [1.82, 2.24) is 10.6 Å². The molecule has 0 aliphatic heterocycles. The van der Waals surface area contributed by atoms with E-state index in [2.05, 4.69) is 62.0 Å². The van der Waals surface area contributed by atoms with Crippen LogP contribution >= 0.6 is 0 Å². The molecule has 2 N–H and O–H groups in total. The maximum absolute atomic E-state index is 3.36. The predicted molar refractivity (Wildman–Crippen MR) is 80.3 cm³/mol. The average Bonchev–Trinajstić information content (AvgIpc) is 2.35. The van der Waals surface area contributed by atoms with Crippen LogP contribution in [0.4, 0.5) is 0 Å². The molecule has 0 amide bonds. The normalized spacial score (nSPS) is 12.9. The van der Waals surface area contributed by atoms with Gasteiger partial charge >= 0.3 is 0 Å². The number of nitrogens with one attached hydrogen (secondary N) is 2. The van der Waals surface area contributed by atoms with Crippen molar-refractivity contribution in [2.24, 2.45) is 0 Å². The summed E-state index contributed by atoms with van der Waals surface area (Å²) in [6.45, 7) is 10.6. The van der Waals surface area contributed by atoms with E-state index in [-0.39, 0.29) is 12.1 Å². The van der Waals surface area contributed by atoms with Crippen LogP contribution in [0.3, 0.4) is 0 Å². The van der Waals surface area contributed by atoms with Crippen molar-refractivity contribution in [3.63, 3.8) is 0 Å². The molecule has 2 nitrogen and oxygen atoms in total. The molecule has 0 saturated heterocycles. The third kappa shape index (κ3) is 11.5. The van der Waals surface area contributed by atoms with Gasteiger partial charge in [-0.25, -0.2) is 0 Å². The largest absolute Gasteiger partial charge is 0.304 e. The molecule has 0 radical (unpaired) electrons. The fourth-order valence-corrected chi connectivity index (χ4v) is 1.38. The number of hydrogen-bond acceptors (Lipinski definition) is 2. The highest BCUT2D eigenvalue weighted by atomic mass is 14.9. The zero-order chi connectivity index (χ0) is 13.6. The van der Waals surface area contributed by atoms with Crippen LogP contribution in [0.25, 0.3) is 0 Å². The lowest BCUT2D eigenvalue weighted by Gasteiger charge is -2.05. The van der Waals surface area contributed by atoms with E-state index in [1.807, 2.05) is 0 Å². The van der Waals surface area contributed by atoms with Crippen LogP contribution in [0.2, 0.25) is 0 Å². The molecule has 0 aliphatic rings. The maximum atomic E-state index is 3.36. The summed E-state index contributed by atoms with van der Waals surface area (Å²) >= 11 is 0. The van der Waals surface area contributed by atoms with Gasteiger partial charge in [-0.2, -0.15) is 0 Å². The molecule has 0 fully saturated rings. The van der Waals surface area contributed by atoms with Crippen molar-refractivity contribution in [3.8, 4) is 23.7 Å². The highest BCUT2D eigenvalue weighted by Gasteiger charge is 1.94. The molecule has 18 heavy (non-hydrogen) atoms. The Morgan fingerprint density at radius 3 is 1.50 bits per heavy atom. The Kier molecular flexibility index (Phi) is 11.8. The molecular formula is C16H28N2. The quantitative estimate of drug-likeness (QED) is 0.509. The fourth-order valence-electron chi connectivity index (χ4n) is 1.38. The molecule has 0 saturated carbocycles. The minimum absolute atomic E-state index is 0.231. The van der Waals surface area contributed by atoms with Gasteiger partial charge in [0.25, 0.3) is 0 Å². The van der Waals surface area contributed by atoms with E-state index in [4.69, 9.17) is 0 Å². The number of rotatable bonds is 8. The van der Waals surface area contributed by atoms with Crippen LogP contribution < -0.4 is 10.6 Å². The Morgan fingerprint density at radius 1 is 0.778 bits per heavy atom. The molecule has 2 heteroatoms. The molecule has 102 valence electrons. The van der Waals surface area contributed by atoms with Crippen molar-refractivity contribution >= 4 is 0 Å². The summed E-state index contributed by atoms with van der Waals surface area (Å²) in [5.41, 5.74) is 0. The van der Waals surface area contributed by atoms with Crippen LogP contribution in [0.1, 0.15) is 53.4 Å². The van der Waals surface area contributed by atoms with Crippen molar-refractivity contribution in [2.45, 2.75) is 65.5 Å². The second-order valence-corrected chi connectivity index (χ2v) is 4.60. The molecule has 0 aliphatic carbocycles. The Labute approximate surface area is 113 Å². The van der Waals surface area contributed by atoms with E-state index in [0.717, 1.165) is 13.1 Å². The van der Waals surface area contributed by atoms with Gasteiger partial charge in [0.15, 0.2) is 0 Å². The topological polar surface area (TPSA) is 24.1 Å². The molecule has 0 aromatic heterocycles. The van der Waals surface area contributed by atoms with Gasteiger partial charge in [-0.15, -0.1) is 0 Å². The summed E-state index contributed by atoms with van der Waals surface area (Å²) in [5.74, 6) is 12.0. The van der Waals surface area contributed by atoms with Crippen LogP contribution in [-0.4, -0.2) is 25.2 Å². The molecule has 2 atom stereocenters. The Balaban J connectivity index is 3.79. The monoisotopic (exact) mass is 248 g/mol. The van der Waals surface area contributed by atoms with Gasteiger partial charge in [-0.3, -0.25) is 0 Å². The van der Waals surface area contributed by atoms with E-state index >= 15 is 0 Å². The molecule has 0 rings (SSSR count). The summed E-state index contributed by atoms with van der Waals surface area (Å²) < 4.78 is 0. The van der Waals surface area contributed by atoms with Crippen LogP contribution in [0.5, 0.6) is 0 Å². The van der Waals surface area contributed by atoms with Gasteiger partial charge in [-0.05, 0) is 51.6 Å². The van der Waals surface area contributed by atoms with Gasteiger partial charge in [0.1, 0.15) is 0 Å². The summed E-state index contributed by atoms with van der Waals surface area (Å²) in [7, 11) is 0. The molecular weight excluding hydrogens is 220 g/mol. The highest BCUT2D eigenvalue weighted by molar-refractivity contribution is 5.29. The van der Waals surface area contributed by atoms with Crippen molar-refractivity contribution < 1.29 is 0 Å². The second kappa shape index (κ2) is 12.5. The van der Waals surface area contributed by atoms with Crippen LogP contribution in [0, 0.1) is 23.7 Å². The lowest BCUT2D eigenvalue weighted by atomic mass is 10.3. The first-order valence-corrected chi connectivity index (χ1v) is 7.18. The molecule has 0 aromatic carbocycles. The van der Waals surface area contributed by atoms with Gasteiger partial charge in [0.2, 0.25) is 0 Å². The summed E-state index contributed by atoms with van der Waals surface area (Å²) in [4.78, 5) is 0. The Bertz CT molecular complexity index is 269. The van der Waals surface area contributed by atoms with Crippen LogP contribution in [-0.2, 0) is 0 Å². The Morgan fingerprint density at radius 2 is 1.17 bits per heavy atom. The summed E-state index contributed by atoms with van der Waals surface area (Å²) in [5, 5.41) is 6.71. The standard InChI is InChI=1S/C16H28N2/c1-5-7-13-17-15(3)11-9-10-12-16(4)18-14-8-6-2/h15-18H,5-8,13-14H2,1-4H3. The highest BCUT2D eigenvalue weighted by Crippen LogP contribution is 1.86. The minimum Gasteiger partial charge on any atom is -0.304 e. The van der Waals surface area contributed by atoms with Crippen molar-refractivity contribution in [2.75, 3.05) is 13.1 Å². The minimum atomic E-state index is 0.231. The molecule has 0 bridgehead atoms. The molecule has 0 spiro atoms. The van der Waals surface area contributed by atoms with Crippen LogP contribution in [0.15, 0.2) is 0 Å². The lowest BCUT2D eigenvalue weighted by molar-refractivity contribution is 0.610. The van der Waals surface area contributed by atoms with E-state index in [1.165, 1.54) is 25.7 Å². The first-order chi connectivity index (χ1) is 8.70. The SMILES string of the molecule is CCCCNC(C)C#CC#CC(C)NCCCC. The van der Waals surface area contributed by atoms with E-state index in [1.54, 1.807) is 0 Å². The smallest absolute Gasteiger partial charge is 0.0671 e. The van der Waals surface area contributed by atoms with Crippen molar-refractivity contribution in [3.05, 3.63) is 0 Å². The molecule has 2 unspecified atom stereocenters. The summed E-state index contributed by atoms with van der Waals surface area (Å²) in [6, 6.07) is 0.461. The average molecular weight is 248 g/mol. The molecule has 0 heterocycles. The fraction of sp³-hybridized carbons (Fsp3) is 0.750. The number of hydrogen-bond donors (Lipinski definition) is 2.